The van der Waals surface area contributed by atoms with Crippen LogP contribution in [0.5, 0.6) is 0 Å². The largest absolute Gasteiger partial charge is 0.340 e. The van der Waals surface area contributed by atoms with E-state index in [2.05, 4.69) is 27.2 Å². The van der Waals surface area contributed by atoms with Gasteiger partial charge in [-0.15, -0.1) is 0 Å². The van der Waals surface area contributed by atoms with Gasteiger partial charge in [-0.1, -0.05) is 54.8 Å². The highest BCUT2D eigenvalue weighted by atomic mass is 16.5. The lowest BCUT2D eigenvalue weighted by atomic mass is 9.86. The summed E-state index contributed by atoms with van der Waals surface area (Å²) in [6.07, 6.45) is 7.82. The Morgan fingerprint density at radius 3 is 2.54 bits per heavy atom. The maximum atomic E-state index is 12.6. The Bertz CT molecular complexity index is 747. The summed E-state index contributed by atoms with van der Waals surface area (Å²) in [4.78, 5) is 21.4. The van der Waals surface area contributed by atoms with Crippen LogP contribution in [0.25, 0.3) is 0 Å². The molecular formula is C22H30N4O2. The zero-order valence-electron chi connectivity index (χ0n) is 16.6. The van der Waals surface area contributed by atoms with Crippen LogP contribution >= 0.6 is 0 Å². The van der Waals surface area contributed by atoms with Crippen LogP contribution in [0.2, 0.25) is 0 Å². The molecule has 0 N–H and O–H groups in total. The van der Waals surface area contributed by atoms with Crippen molar-refractivity contribution in [3.63, 3.8) is 0 Å². The maximum absolute atomic E-state index is 12.6. The van der Waals surface area contributed by atoms with Crippen LogP contribution in [0.15, 0.2) is 34.9 Å². The second-order valence-electron chi connectivity index (χ2n) is 8.13. The Morgan fingerprint density at radius 2 is 1.79 bits per heavy atom. The van der Waals surface area contributed by atoms with Crippen LogP contribution < -0.4 is 0 Å². The third kappa shape index (κ3) is 5.19. The molecule has 0 unspecified atom stereocenters. The Labute approximate surface area is 166 Å². The van der Waals surface area contributed by atoms with Gasteiger partial charge in [0.15, 0.2) is 5.82 Å². The lowest BCUT2D eigenvalue weighted by molar-refractivity contribution is -0.134. The number of carbonyl (C=O) groups excluding carboxylic acids is 1. The average Bonchev–Trinajstić information content (AvgIpc) is 3.17. The van der Waals surface area contributed by atoms with Crippen molar-refractivity contribution in [1.82, 2.24) is 19.9 Å². The van der Waals surface area contributed by atoms with E-state index in [1.165, 1.54) is 37.7 Å². The number of carbonyl (C=O) groups is 1. The SMILES string of the molecule is O=C(CC1CCCCC1)N1CCN(Cc2nc(Cc3ccccc3)no2)CC1. The second-order valence-corrected chi connectivity index (χ2v) is 8.13. The van der Waals surface area contributed by atoms with E-state index in [0.29, 0.717) is 30.7 Å². The summed E-state index contributed by atoms with van der Waals surface area (Å²) in [7, 11) is 0. The maximum Gasteiger partial charge on any atom is 0.240 e. The monoisotopic (exact) mass is 382 g/mol. The van der Waals surface area contributed by atoms with E-state index in [9.17, 15) is 4.79 Å². The van der Waals surface area contributed by atoms with E-state index in [0.717, 1.165) is 38.4 Å². The fourth-order valence-electron chi connectivity index (χ4n) is 4.32. The van der Waals surface area contributed by atoms with E-state index in [4.69, 9.17) is 4.52 Å². The molecule has 2 aliphatic rings. The summed E-state index contributed by atoms with van der Waals surface area (Å²) in [5, 5.41) is 4.11. The molecule has 4 rings (SSSR count). The average molecular weight is 383 g/mol. The molecule has 1 aliphatic heterocycles. The summed E-state index contributed by atoms with van der Waals surface area (Å²) < 4.78 is 5.43. The van der Waals surface area contributed by atoms with Crippen molar-refractivity contribution in [3.05, 3.63) is 47.6 Å². The van der Waals surface area contributed by atoms with Crippen molar-refractivity contribution in [3.8, 4) is 0 Å². The third-order valence-corrected chi connectivity index (χ3v) is 5.99. The molecule has 1 aromatic carbocycles. The van der Waals surface area contributed by atoms with Gasteiger partial charge in [0.05, 0.1) is 6.54 Å². The van der Waals surface area contributed by atoms with Crippen molar-refractivity contribution >= 4 is 5.91 Å². The number of piperazine rings is 1. The molecule has 6 heteroatoms. The minimum atomic E-state index is 0.342. The smallest absolute Gasteiger partial charge is 0.240 e. The summed E-state index contributed by atoms with van der Waals surface area (Å²) >= 11 is 0. The van der Waals surface area contributed by atoms with Crippen LogP contribution in [0.3, 0.4) is 0 Å². The number of hydrogen-bond donors (Lipinski definition) is 0. The van der Waals surface area contributed by atoms with E-state index in [1.54, 1.807) is 0 Å². The number of amides is 1. The first-order chi connectivity index (χ1) is 13.8. The van der Waals surface area contributed by atoms with Gasteiger partial charge < -0.3 is 9.42 Å². The molecule has 150 valence electrons. The molecule has 1 amide bonds. The van der Waals surface area contributed by atoms with Crippen LogP contribution in [-0.4, -0.2) is 52.0 Å². The van der Waals surface area contributed by atoms with E-state index >= 15 is 0 Å². The number of nitrogens with zero attached hydrogens (tertiary/aromatic N) is 4. The highest BCUT2D eigenvalue weighted by molar-refractivity contribution is 5.76. The Balaban J connectivity index is 1.21. The molecule has 1 aromatic heterocycles. The van der Waals surface area contributed by atoms with Gasteiger partial charge in [-0.3, -0.25) is 9.69 Å². The molecule has 0 bridgehead atoms. The first-order valence-corrected chi connectivity index (χ1v) is 10.6. The highest BCUT2D eigenvalue weighted by Crippen LogP contribution is 2.27. The summed E-state index contributed by atoms with van der Waals surface area (Å²) in [6.45, 7) is 4.00. The fraction of sp³-hybridized carbons (Fsp3) is 0.591. The number of benzene rings is 1. The second kappa shape index (κ2) is 9.32. The molecule has 2 aromatic rings. The van der Waals surface area contributed by atoms with Crippen molar-refractivity contribution < 1.29 is 9.32 Å². The molecule has 2 heterocycles. The Hall–Kier alpha value is -2.21. The Morgan fingerprint density at radius 1 is 1.04 bits per heavy atom. The van der Waals surface area contributed by atoms with Gasteiger partial charge in [-0.2, -0.15) is 4.98 Å². The van der Waals surface area contributed by atoms with Crippen molar-refractivity contribution in [2.24, 2.45) is 5.92 Å². The van der Waals surface area contributed by atoms with Crippen LogP contribution in [-0.2, 0) is 17.8 Å². The van der Waals surface area contributed by atoms with Gasteiger partial charge >= 0.3 is 0 Å². The van der Waals surface area contributed by atoms with Gasteiger partial charge in [0.2, 0.25) is 11.8 Å². The third-order valence-electron chi connectivity index (χ3n) is 5.99. The van der Waals surface area contributed by atoms with E-state index < -0.39 is 0 Å². The molecule has 28 heavy (non-hydrogen) atoms. The lowest BCUT2D eigenvalue weighted by Crippen LogP contribution is -2.48. The minimum absolute atomic E-state index is 0.342. The number of rotatable bonds is 6. The highest BCUT2D eigenvalue weighted by Gasteiger charge is 2.25. The topological polar surface area (TPSA) is 62.5 Å². The zero-order valence-corrected chi connectivity index (χ0v) is 16.6. The van der Waals surface area contributed by atoms with Crippen molar-refractivity contribution in [2.75, 3.05) is 26.2 Å². The molecule has 6 nitrogen and oxygen atoms in total. The van der Waals surface area contributed by atoms with E-state index in [-0.39, 0.29) is 0 Å². The van der Waals surface area contributed by atoms with Crippen LogP contribution in [0, 0.1) is 5.92 Å². The normalized spacial score (nSPS) is 19.1. The molecule has 0 atom stereocenters. The summed E-state index contributed by atoms with van der Waals surface area (Å²) in [5.41, 5.74) is 1.18. The predicted molar refractivity (Wildman–Crippen MR) is 107 cm³/mol. The predicted octanol–water partition coefficient (Wildman–Crippen LogP) is 3.28. The first-order valence-electron chi connectivity index (χ1n) is 10.6. The summed E-state index contributed by atoms with van der Waals surface area (Å²) in [5.74, 6) is 2.34. The Kier molecular flexibility index (Phi) is 6.37. The molecule has 2 fully saturated rings. The van der Waals surface area contributed by atoms with Gasteiger partial charge in [0.25, 0.3) is 0 Å². The fourth-order valence-corrected chi connectivity index (χ4v) is 4.32. The molecule has 1 aliphatic carbocycles. The van der Waals surface area contributed by atoms with Gasteiger partial charge in [-0.05, 0) is 24.3 Å². The summed E-state index contributed by atoms with van der Waals surface area (Å²) in [6, 6.07) is 10.2. The van der Waals surface area contributed by atoms with E-state index in [1.807, 2.05) is 23.1 Å². The first kappa shape index (κ1) is 19.1. The van der Waals surface area contributed by atoms with Crippen molar-refractivity contribution in [1.29, 1.82) is 0 Å². The molecule has 1 saturated heterocycles. The quantitative estimate of drug-likeness (QED) is 0.767. The lowest BCUT2D eigenvalue weighted by Gasteiger charge is -2.35. The zero-order chi connectivity index (χ0) is 19.2. The molecule has 0 spiro atoms. The van der Waals surface area contributed by atoms with Gasteiger partial charge in [0.1, 0.15) is 0 Å². The number of aromatic nitrogens is 2. The van der Waals surface area contributed by atoms with Gasteiger partial charge in [-0.25, -0.2) is 0 Å². The minimum Gasteiger partial charge on any atom is -0.340 e. The molecular weight excluding hydrogens is 352 g/mol. The van der Waals surface area contributed by atoms with Crippen LogP contribution in [0.4, 0.5) is 0 Å². The van der Waals surface area contributed by atoms with Crippen LogP contribution in [0.1, 0.15) is 55.8 Å². The standard InChI is InChI=1S/C22H30N4O2/c27-22(16-19-9-5-2-6-10-19)26-13-11-25(12-14-26)17-21-23-20(24-28-21)15-18-7-3-1-4-8-18/h1,3-4,7-8,19H,2,5-6,9-17H2. The van der Waals surface area contributed by atoms with Crippen molar-refractivity contribution in [2.45, 2.75) is 51.5 Å². The van der Waals surface area contributed by atoms with Gasteiger partial charge in [0, 0.05) is 39.0 Å². The molecule has 0 radical (unpaired) electrons. The number of hydrogen-bond acceptors (Lipinski definition) is 5. The molecule has 1 saturated carbocycles.